The summed E-state index contributed by atoms with van der Waals surface area (Å²) in [5.74, 6) is 0. The Labute approximate surface area is 94.8 Å². The lowest BCUT2D eigenvalue weighted by Crippen LogP contribution is -2.42. The zero-order chi connectivity index (χ0) is 11.1. The van der Waals surface area contributed by atoms with Crippen molar-refractivity contribution in [3.05, 3.63) is 0 Å². The SMILES string of the molecule is CCCNCC(C)(CC)OC1CCCC1. The fourth-order valence-electron chi connectivity index (χ4n) is 2.19. The minimum Gasteiger partial charge on any atom is -0.371 e. The Morgan fingerprint density at radius 1 is 1.27 bits per heavy atom. The Balaban J connectivity index is 2.29. The first-order valence-corrected chi connectivity index (χ1v) is 6.58. The molecule has 1 atom stereocenters. The molecule has 2 nitrogen and oxygen atoms in total. The lowest BCUT2D eigenvalue weighted by molar-refractivity contribution is -0.0801. The van der Waals surface area contributed by atoms with Gasteiger partial charge in [0, 0.05) is 6.54 Å². The molecule has 0 aromatic heterocycles. The van der Waals surface area contributed by atoms with Crippen molar-refractivity contribution in [1.82, 2.24) is 5.32 Å². The van der Waals surface area contributed by atoms with Crippen LogP contribution < -0.4 is 5.32 Å². The van der Waals surface area contributed by atoms with Crippen LogP contribution in [-0.4, -0.2) is 24.8 Å². The molecule has 1 N–H and O–H groups in total. The van der Waals surface area contributed by atoms with E-state index in [4.69, 9.17) is 4.74 Å². The summed E-state index contributed by atoms with van der Waals surface area (Å²) in [6, 6.07) is 0. The first kappa shape index (κ1) is 13.0. The van der Waals surface area contributed by atoms with Gasteiger partial charge >= 0.3 is 0 Å². The Kier molecular flexibility index (Phi) is 5.62. The summed E-state index contributed by atoms with van der Waals surface area (Å²) in [4.78, 5) is 0. The summed E-state index contributed by atoms with van der Waals surface area (Å²) in [7, 11) is 0. The Morgan fingerprint density at radius 2 is 1.93 bits per heavy atom. The molecule has 1 saturated carbocycles. The highest BCUT2D eigenvalue weighted by Crippen LogP contribution is 2.27. The highest BCUT2D eigenvalue weighted by molar-refractivity contribution is 4.80. The molecule has 0 aromatic rings. The lowest BCUT2D eigenvalue weighted by Gasteiger charge is -2.32. The third-order valence-electron chi connectivity index (χ3n) is 3.43. The molecule has 1 aliphatic carbocycles. The maximum Gasteiger partial charge on any atom is 0.0779 e. The molecule has 0 aromatic carbocycles. The van der Waals surface area contributed by atoms with Crippen molar-refractivity contribution in [2.24, 2.45) is 0 Å². The van der Waals surface area contributed by atoms with E-state index in [0.29, 0.717) is 6.10 Å². The summed E-state index contributed by atoms with van der Waals surface area (Å²) in [5.41, 5.74) is 0.0458. The molecule has 0 spiro atoms. The molecule has 0 heterocycles. The van der Waals surface area contributed by atoms with Crippen LogP contribution in [0, 0.1) is 0 Å². The summed E-state index contributed by atoms with van der Waals surface area (Å²) >= 11 is 0. The van der Waals surface area contributed by atoms with E-state index in [2.05, 4.69) is 26.1 Å². The smallest absolute Gasteiger partial charge is 0.0779 e. The number of ether oxygens (including phenoxy) is 1. The molecular weight excluding hydrogens is 186 g/mol. The van der Waals surface area contributed by atoms with E-state index in [1.807, 2.05) is 0 Å². The van der Waals surface area contributed by atoms with E-state index in [0.717, 1.165) is 19.5 Å². The third-order valence-corrected chi connectivity index (χ3v) is 3.43. The maximum atomic E-state index is 6.23. The van der Waals surface area contributed by atoms with Gasteiger partial charge in [-0.05, 0) is 39.2 Å². The predicted octanol–water partition coefficient (Wildman–Crippen LogP) is 3.11. The molecule has 15 heavy (non-hydrogen) atoms. The molecule has 0 amide bonds. The summed E-state index contributed by atoms with van der Waals surface area (Å²) in [5, 5.41) is 3.48. The largest absolute Gasteiger partial charge is 0.371 e. The van der Waals surface area contributed by atoms with Gasteiger partial charge < -0.3 is 10.1 Å². The van der Waals surface area contributed by atoms with Crippen molar-refractivity contribution in [3.63, 3.8) is 0 Å². The van der Waals surface area contributed by atoms with Crippen LogP contribution in [0.25, 0.3) is 0 Å². The molecule has 1 unspecified atom stereocenters. The van der Waals surface area contributed by atoms with Gasteiger partial charge in [0.1, 0.15) is 0 Å². The van der Waals surface area contributed by atoms with Crippen LogP contribution in [0.2, 0.25) is 0 Å². The van der Waals surface area contributed by atoms with Crippen molar-refractivity contribution < 1.29 is 4.74 Å². The Morgan fingerprint density at radius 3 is 2.47 bits per heavy atom. The lowest BCUT2D eigenvalue weighted by atomic mass is 10.0. The maximum absolute atomic E-state index is 6.23. The molecule has 0 bridgehead atoms. The van der Waals surface area contributed by atoms with E-state index >= 15 is 0 Å². The van der Waals surface area contributed by atoms with Gasteiger partial charge in [0.05, 0.1) is 11.7 Å². The van der Waals surface area contributed by atoms with Gasteiger partial charge in [0.15, 0.2) is 0 Å². The van der Waals surface area contributed by atoms with Crippen LogP contribution in [0.5, 0.6) is 0 Å². The van der Waals surface area contributed by atoms with E-state index in [1.165, 1.54) is 32.1 Å². The van der Waals surface area contributed by atoms with E-state index < -0.39 is 0 Å². The van der Waals surface area contributed by atoms with Gasteiger partial charge in [0.2, 0.25) is 0 Å². The van der Waals surface area contributed by atoms with E-state index in [-0.39, 0.29) is 5.60 Å². The zero-order valence-corrected chi connectivity index (χ0v) is 10.6. The highest BCUT2D eigenvalue weighted by Gasteiger charge is 2.28. The van der Waals surface area contributed by atoms with Gasteiger partial charge in [0.25, 0.3) is 0 Å². The minimum absolute atomic E-state index is 0.0458. The summed E-state index contributed by atoms with van der Waals surface area (Å²) < 4.78 is 6.23. The molecule has 0 aliphatic heterocycles. The number of rotatable bonds is 7. The molecule has 0 radical (unpaired) electrons. The van der Waals surface area contributed by atoms with Crippen LogP contribution in [0.15, 0.2) is 0 Å². The summed E-state index contributed by atoms with van der Waals surface area (Å²) in [6.07, 6.45) is 8.06. The van der Waals surface area contributed by atoms with Gasteiger partial charge in [-0.3, -0.25) is 0 Å². The van der Waals surface area contributed by atoms with Crippen molar-refractivity contribution in [2.75, 3.05) is 13.1 Å². The molecular formula is C13H27NO. The summed E-state index contributed by atoms with van der Waals surface area (Å²) in [6.45, 7) is 8.77. The van der Waals surface area contributed by atoms with Crippen LogP contribution >= 0.6 is 0 Å². The quantitative estimate of drug-likeness (QED) is 0.656. The number of nitrogens with one attached hydrogen (secondary N) is 1. The molecule has 1 fully saturated rings. The molecule has 1 rings (SSSR count). The van der Waals surface area contributed by atoms with Gasteiger partial charge in [-0.2, -0.15) is 0 Å². The van der Waals surface area contributed by atoms with Crippen molar-refractivity contribution >= 4 is 0 Å². The number of hydrogen-bond donors (Lipinski definition) is 1. The van der Waals surface area contributed by atoms with Crippen molar-refractivity contribution in [3.8, 4) is 0 Å². The van der Waals surface area contributed by atoms with E-state index in [1.54, 1.807) is 0 Å². The first-order valence-electron chi connectivity index (χ1n) is 6.58. The average molecular weight is 213 g/mol. The van der Waals surface area contributed by atoms with E-state index in [9.17, 15) is 0 Å². The zero-order valence-electron chi connectivity index (χ0n) is 10.6. The first-order chi connectivity index (χ1) is 7.20. The van der Waals surface area contributed by atoms with Gasteiger partial charge in [-0.1, -0.05) is 26.7 Å². The fourth-order valence-corrected chi connectivity index (χ4v) is 2.19. The van der Waals surface area contributed by atoms with Crippen LogP contribution in [0.3, 0.4) is 0 Å². The molecule has 90 valence electrons. The monoisotopic (exact) mass is 213 g/mol. The second-order valence-electron chi connectivity index (χ2n) is 5.00. The normalized spacial score (nSPS) is 21.8. The standard InChI is InChI=1S/C13H27NO/c1-4-10-14-11-13(3,5-2)15-12-8-6-7-9-12/h12,14H,4-11H2,1-3H3. The third kappa shape index (κ3) is 4.52. The Bertz CT molecular complexity index is 166. The molecule has 2 heteroatoms. The topological polar surface area (TPSA) is 21.3 Å². The fraction of sp³-hybridized carbons (Fsp3) is 1.00. The van der Waals surface area contributed by atoms with Crippen molar-refractivity contribution in [2.45, 2.75) is 71.0 Å². The number of hydrogen-bond acceptors (Lipinski definition) is 2. The molecule has 1 aliphatic rings. The van der Waals surface area contributed by atoms with Crippen LogP contribution in [-0.2, 0) is 4.74 Å². The Hall–Kier alpha value is -0.0800. The van der Waals surface area contributed by atoms with Gasteiger partial charge in [-0.15, -0.1) is 0 Å². The minimum atomic E-state index is 0.0458. The predicted molar refractivity (Wildman–Crippen MR) is 65.2 cm³/mol. The average Bonchev–Trinajstić information content (AvgIpc) is 2.71. The van der Waals surface area contributed by atoms with Gasteiger partial charge in [-0.25, -0.2) is 0 Å². The van der Waals surface area contributed by atoms with Crippen molar-refractivity contribution in [1.29, 1.82) is 0 Å². The second kappa shape index (κ2) is 6.49. The molecule has 0 saturated heterocycles. The highest BCUT2D eigenvalue weighted by atomic mass is 16.5. The second-order valence-corrected chi connectivity index (χ2v) is 5.00. The van der Waals surface area contributed by atoms with Crippen LogP contribution in [0.4, 0.5) is 0 Å². The van der Waals surface area contributed by atoms with Crippen LogP contribution in [0.1, 0.15) is 59.3 Å².